The molecular weight excluding hydrogens is 442 g/mol. The number of methoxy groups -OCH3 is 1. The molecule has 1 N–H and O–H groups in total. The van der Waals surface area contributed by atoms with Crippen LogP contribution in [0.25, 0.3) is 0 Å². The number of hydrogen-bond donors (Lipinski definition) is 1. The highest BCUT2D eigenvalue weighted by atomic mass is 32.2. The first kappa shape index (κ1) is 23.2. The molecule has 1 aliphatic rings. The molecule has 1 aliphatic heterocycles. The summed E-state index contributed by atoms with van der Waals surface area (Å²) in [5.41, 5.74) is 2.44. The van der Waals surface area contributed by atoms with Crippen LogP contribution in [0.1, 0.15) is 22.9 Å². The van der Waals surface area contributed by atoms with E-state index in [1.54, 1.807) is 49.7 Å². The standard InChI is InChI=1S/C24H27N3O5S/c1-27-24(23(17-32-27)33(28,29)26-15-20-10-6-7-13-25-20)19-11-12-21(22(14-19)30-2)31-16-18-8-4-3-5-9-18/h3-14,23-24,26H,15-17H2,1-2H3/t23-,24+/m0/s1. The predicted molar refractivity (Wildman–Crippen MR) is 124 cm³/mol. The van der Waals surface area contributed by atoms with Crippen LogP contribution < -0.4 is 14.2 Å². The summed E-state index contributed by atoms with van der Waals surface area (Å²) in [5.74, 6) is 1.11. The SMILES string of the molecule is COc1cc([C@@H]2[C@@H](S(=O)(=O)NCc3ccccn3)CON2C)ccc1OCc1ccccc1. The minimum absolute atomic E-state index is 0.0489. The summed E-state index contributed by atoms with van der Waals surface area (Å²) in [4.78, 5) is 9.78. The zero-order valence-corrected chi connectivity index (χ0v) is 19.4. The average molecular weight is 470 g/mol. The van der Waals surface area contributed by atoms with E-state index in [2.05, 4.69) is 9.71 Å². The Morgan fingerprint density at radius 1 is 1.09 bits per heavy atom. The highest BCUT2D eigenvalue weighted by Crippen LogP contribution is 2.38. The Hall–Kier alpha value is -2.98. The largest absolute Gasteiger partial charge is 0.493 e. The number of ether oxygens (including phenoxy) is 2. The van der Waals surface area contributed by atoms with Gasteiger partial charge in [-0.15, -0.1) is 0 Å². The van der Waals surface area contributed by atoms with Gasteiger partial charge in [0.25, 0.3) is 0 Å². The number of pyridine rings is 1. The van der Waals surface area contributed by atoms with Gasteiger partial charge in [-0.25, -0.2) is 13.1 Å². The lowest BCUT2D eigenvalue weighted by atomic mass is 10.0. The van der Waals surface area contributed by atoms with Crippen LogP contribution in [0.3, 0.4) is 0 Å². The summed E-state index contributed by atoms with van der Waals surface area (Å²) in [6.07, 6.45) is 1.63. The number of hydroxylamine groups is 2. The molecular formula is C24H27N3O5S. The van der Waals surface area contributed by atoms with Gasteiger partial charge in [0, 0.05) is 13.2 Å². The molecule has 1 fully saturated rings. The van der Waals surface area contributed by atoms with E-state index in [4.69, 9.17) is 14.3 Å². The molecule has 0 radical (unpaired) electrons. The number of nitrogens with one attached hydrogen (secondary N) is 1. The van der Waals surface area contributed by atoms with E-state index in [1.807, 2.05) is 42.5 Å². The Morgan fingerprint density at radius 2 is 1.88 bits per heavy atom. The van der Waals surface area contributed by atoms with E-state index < -0.39 is 21.3 Å². The van der Waals surface area contributed by atoms with Gasteiger partial charge < -0.3 is 9.47 Å². The van der Waals surface area contributed by atoms with Crippen LogP contribution in [0.2, 0.25) is 0 Å². The fourth-order valence-corrected chi connectivity index (χ4v) is 5.26. The van der Waals surface area contributed by atoms with Crippen molar-refractivity contribution in [3.63, 3.8) is 0 Å². The van der Waals surface area contributed by atoms with Crippen molar-refractivity contribution < 1.29 is 22.7 Å². The normalized spacial score (nSPS) is 18.8. The second-order valence-corrected chi connectivity index (χ2v) is 9.68. The average Bonchev–Trinajstić information content (AvgIpc) is 3.25. The summed E-state index contributed by atoms with van der Waals surface area (Å²) >= 11 is 0. The predicted octanol–water partition coefficient (Wildman–Crippen LogP) is 3.08. The van der Waals surface area contributed by atoms with Crippen molar-refractivity contribution >= 4 is 10.0 Å². The third-order valence-electron chi connectivity index (χ3n) is 5.53. The Balaban J connectivity index is 1.51. The van der Waals surface area contributed by atoms with Crippen molar-refractivity contribution in [2.24, 2.45) is 0 Å². The number of hydrogen-bond acceptors (Lipinski definition) is 7. The smallest absolute Gasteiger partial charge is 0.219 e. The number of rotatable bonds is 9. The summed E-state index contributed by atoms with van der Waals surface area (Å²) in [7, 11) is -0.404. The van der Waals surface area contributed by atoms with Crippen molar-refractivity contribution in [2.75, 3.05) is 20.8 Å². The molecule has 0 saturated carbocycles. The van der Waals surface area contributed by atoms with E-state index in [9.17, 15) is 8.42 Å². The fraction of sp³-hybridized carbons (Fsp3) is 0.292. The van der Waals surface area contributed by atoms with Gasteiger partial charge in [0.15, 0.2) is 11.5 Å². The summed E-state index contributed by atoms with van der Waals surface area (Å²) < 4.78 is 40.4. The molecule has 0 unspecified atom stereocenters. The van der Waals surface area contributed by atoms with Gasteiger partial charge >= 0.3 is 0 Å². The van der Waals surface area contributed by atoms with E-state index in [-0.39, 0.29) is 13.2 Å². The van der Waals surface area contributed by atoms with Crippen LogP contribution in [-0.2, 0) is 28.0 Å². The molecule has 0 aliphatic carbocycles. The van der Waals surface area contributed by atoms with Crippen molar-refractivity contribution in [3.8, 4) is 11.5 Å². The van der Waals surface area contributed by atoms with Crippen molar-refractivity contribution in [2.45, 2.75) is 24.4 Å². The highest BCUT2D eigenvalue weighted by molar-refractivity contribution is 7.90. The molecule has 0 bridgehead atoms. The minimum atomic E-state index is -3.69. The van der Waals surface area contributed by atoms with Gasteiger partial charge in [0.2, 0.25) is 10.0 Å². The molecule has 3 aromatic rings. The number of benzene rings is 2. The topological polar surface area (TPSA) is 90.0 Å². The van der Waals surface area contributed by atoms with Gasteiger partial charge in [0.05, 0.1) is 32.0 Å². The first-order chi connectivity index (χ1) is 16.0. The molecule has 0 spiro atoms. The lowest BCUT2D eigenvalue weighted by Crippen LogP contribution is -2.39. The lowest BCUT2D eigenvalue weighted by Gasteiger charge is -2.24. The summed E-state index contributed by atoms with van der Waals surface area (Å²) in [6, 6.07) is 20.2. The maximum absolute atomic E-state index is 13.1. The van der Waals surface area contributed by atoms with Crippen molar-refractivity contribution in [3.05, 3.63) is 89.7 Å². The lowest BCUT2D eigenvalue weighted by molar-refractivity contribution is -0.110. The maximum Gasteiger partial charge on any atom is 0.219 e. The van der Waals surface area contributed by atoms with E-state index in [0.717, 1.165) is 11.1 Å². The van der Waals surface area contributed by atoms with Gasteiger partial charge in [-0.3, -0.25) is 9.82 Å². The second-order valence-electron chi connectivity index (χ2n) is 7.70. The second kappa shape index (κ2) is 10.3. The quantitative estimate of drug-likeness (QED) is 0.515. The molecule has 33 heavy (non-hydrogen) atoms. The van der Waals surface area contributed by atoms with Crippen molar-refractivity contribution in [1.82, 2.24) is 14.8 Å². The van der Waals surface area contributed by atoms with Gasteiger partial charge in [-0.1, -0.05) is 42.5 Å². The molecule has 8 nitrogen and oxygen atoms in total. The minimum Gasteiger partial charge on any atom is -0.493 e. The van der Waals surface area contributed by atoms with E-state index >= 15 is 0 Å². The summed E-state index contributed by atoms with van der Waals surface area (Å²) in [6.45, 7) is 0.566. The van der Waals surface area contributed by atoms with Crippen LogP contribution in [0.15, 0.2) is 72.9 Å². The van der Waals surface area contributed by atoms with Crippen molar-refractivity contribution in [1.29, 1.82) is 0 Å². The van der Waals surface area contributed by atoms with Gasteiger partial charge in [-0.05, 0) is 35.4 Å². The molecule has 174 valence electrons. The Bertz CT molecular complexity index is 1160. The number of sulfonamides is 1. The van der Waals surface area contributed by atoms with E-state index in [1.165, 1.54) is 0 Å². The molecule has 2 aromatic carbocycles. The van der Waals surface area contributed by atoms with E-state index in [0.29, 0.717) is 23.8 Å². The highest BCUT2D eigenvalue weighted by Gasteiger charge is 2.43. The Labute approximate surface area is 194 Å². The molecule has 2 atom stereocenters. The van der Waals surface area contributed by atoms with Crippen LogP contribution in [0.4, 0.5) is 0 Å². The van der Waals surface area contributed by atoms with Crippen LogP contribution in [0.5, 0.6) is 11.5 Å². The Morgan fingerprint density at radius 3 is 2.61 bits per heavy atom. The van der Waals surface area contributed by atoms with Crippen LogP contribution >= 0.6 is 0 Å². The van der Waals surface area contributed by atoms with Crippen LogP contribution in [0, 0.1) is 0 Å². The summed E-state index contributed by atoms with van der Waals surface area (Å²) in [5, 5.41) is 0.774. The maximum atomic E-state index is 13.1. The molecule has 2 heterocycles. The Kier molecular flexibility index (Phi) is 7.24. The van der Waals surface area contributed by atoms with Gasteiger partial charge in [0.1, 0.15) is 11.9 Å². The molecule has 1 aromatic heterocycles. The first-order valence-electron chi connectivity index (χ1n) is 10.6. The zero-order valence-electron chi connectivity index (χ0n) is 18.5. The number of aromatic nitrogens is 1. The third-order valence-corrected chi connectivity index (χ3v) is 7.27. The van der Waals surface area contributed by atoms with Gasteiger partial charge in [-0.2, -0.15) is 5.06 Å². The fourth-order valence-electron chi connectivity index (χ4n) is 3.79. The third kappa shape index (κ3) is 5.51. The first-order valence-corrected chi connectivity index (χ1v) is 12.1. The molecule has 1 saturated heterocycles. The molecule has 9 heteroatoms. The zero-order chi connectivity index (χ0) is 23.3. The number of nitrogens with zero attached hydrogens (tertiary/aromatic N) is 2. The monoisotopic (exact) mass is 469 g/mol. The molecule has 4 rings (SSSR count). The molecule has 0 amide bonds. The van der Waals surface area contributed by atoms with Crippen LogP contribution in [-0.4, -0.2) is 44.5 Å².